The topological polar surface area (TPSA) is 60.9 Å². The molecule has 1 aromatic rings. The van der Waals surface area contributed by atoms with Crippen LogP contribution in [-0.2, 0) is 11.3 Å². The van der Waals surface area contributed by atoms with Gasteiger partial charge in [-0.2, -0.15) is 0 Å². The van der Waals surface area contributed by atoms with E-state index in [4.69, 9.17) is 5.11 Å². The number of amides is 2. The number of carbonyl (C=O) groups excluding carboxylic acids is 1. The van der Waals surface area contributed by atoms with Gasteiger partial charge < -0.3 is 14.9 Å². The molecule has 7 heteroatoms. The number of carbonyl (C=O) groups is 2. The van der Waals surface area contributed by atoms with Crippen LogP contribution in [0, 0.1) is 0 Å². The molecule has 100 valence electrons. The Morgan fingerprint density at radius 2 is 2.06 bits per heavy atom. The number of aliphatic carboxylic acids is 1. The van der Waals surface area contributed by atoms with Crippen LogP contribution < -0.4 is 0 Å². The summed E-state index contributed by atoms with van der Waals surface area (Å²) in [7, 11) is 3.30. The van der Waals surface area contributed by atoms with Crippen molar-refractivity contribution in [2.24, 2.45) is 0 Å². The average Bonchev–Trinajstić information content (AvgIpc) is 2.70. The van der Waals surface area contributed by atoms with Gasteiger partial charge in [-0.1, -0.05) is 0 Å². The Balaban J connectivity index is 2.47. The van der Waals surface area contributed by atoms with E-state index in [1.165, 1.54) is 4.90 Å². The van der Waals surface area contributed by atoms with Crippen molar-refractivity contribution in [3.05, 3.63) is 20.8 Å². The van der Waals surface area contributed by atoms with Crippen LogP contribution in [0.3, 0.4) is 0 Å². The van der Waals surface area contributed by atoms with Gasteiger partial charge in [0.05, 0.1) is 13.0 Å². The quantitative estimate of drug-likeness (QED) is 0.899. The molecule has 0 aromatic carbocycles. The summed E-state index contributed by atoms with van der Waals surface area (Å²) in [5.41, 5.74) is 0. The molecular formula is C11H15BrN2O3S. The maximum absolute atomic E-state index is 11.9. The second-order valence-electron chi connectivity index (χ2n) is 3.94. The van der Waals surface area contributed by atoms with Crippen molar-refractivity contribution in [3.63, 3.8) is 0 Å². The summed E-state index contributed by atoms with van der Waals surface area (Å²) in [6.45, 7) is 0.735. The second kappa shape index (κ2) is 6.75. The van der Waals surface area contributed by atoms with E-state index in [1.807, 2.05) is 11.4 Å². The van der Waals surface area contributed by atoms with Gasteiger partial charge in [0.15, 0.2) is 0 Å². The minimum atomic E-state index is -0.903. The Morgan fingerprint density at radius 3 is 2.56 bits per heavy atom. The van der Waals surface area contributed by atoms with Crippen LogP contribution in [0.25, 0.3) is 0 Å². The Labute approximate surface area is 118 Å². The predicted molar refractivity (Wildman–Crippen MR) is 73.8 cm³/mol. The van der Waals surface area contributed by atoms with Crippen molar-refractivity contribution in [2.75, 3.05) is 20.6 Å². The summed E-state index contributed by atoms with van der Waals surface area (Å²) in [6, 6.07) is 1.78. The highest BCUT2D eigenvalue weighted by Crippen LogP contribution is 2.21. The molecular weight excluding hydrogens is 320 g/mol. The van der Waals surface area contributed by atoms with Crippen LogP contribution in [0.2, 0.25) is 0 Å². The molecule has 1 heterocycles. The van der Waals surface area contributed by atoms with Crippen LogP contribution >= 0.6 is 27.3 Å². The Kier molecular flexibility index (Phi) is 5.61. The van der Waals surface area contributed by atoms with Crippen molar-refractivity contribution in [2.45, 2.75) is 13.0 Å². The number of hydrogen-bond donors (Lipinski definition) is 1. The van der Waals surface area contributed by atoms with Gasteiger partial charge >= 0.3 is 12.0 Å². The Bertz CT molecular complexity index is 436. The first kappa shape index (κ1) is 15.0. The maximum Gasteiger partial charge on any atom is 0.319 e. The molecule has 0 bridgehead atoms. The number of rotatable bonds is 5. The van der Waals surface area contributed by atoms with E-state index < -0.39 is 5.97 Å². The molecule has 0 aliphatic heterocycles. The lowest BCUT2D eigenvalue weighted by atomic mass is 10.4. The number of halogens is 1. The third kappa shape index (κ3) is 4.66. The van der Waals surface area contributed by atoms with Gasteiger partial charge in [-0.3, -0.25) is 4.79 Å². The number of urea groups is 1. The van der Waals surface area contributed by atoms with Crippen LogP contribution in [0.15, 0.2) is 15.9 Å². The fourth-order valence-electron chi connectivity index (χ4n) is 1.39. The van der Waals surface area contributed by atoms with E-state index >= 15 is 0 Å². The minimum Gasteiger partial charge on any atom is -0.481 e. The lowest BCUT2D eigenvalue weighted by Crippen LogP contribution is -2.39. The largest absolute Gasteiger partial charge is 0.481 e. The van der Waals surface area contributed by atoms with E-state index in [1.54, 1.807) is 30.3 Å². The zero-order valence-electron chi connectivity index (χ0n) is 10.2. The number of nitrogens with zero attached hydrogens (tertiary/aromatic N) is 2. The molecule has 0 radical (unpaired) electrons. The molecule has 0 aliphatic rings. The van der Waals surface area contributed by atoms with Crippen LogP contribution in [-0.4, -0.2) is 47.5 Å². The van der Waals surface area contributed by atoms with Gasteiger partial charge in [-0.05, 0) is 22.0 Å². The van der Waals surface area contributed by atoms with E-state index in [0.717, 1.165) is 9.35 Å². The average molecular weight is 335 g/mol. The van der Waals surface area contributed by atoms with Gasteiger partial charge in [0.2, 0.25) is 0 Å². The summed E-state index contributed by atoms with van der Waals surface area (Å²) in [6.07, 6.45) is -0.0410. The molecule has 0 spiro atoms. The highest BCUT2D eigenvalue weighted by atomic mass is 79.9. The van der Waals surface area contributed by atoms with Crippen molar-refractivity contribution in [3.8, 4) is 0 Å². The van der Waals surface area contributed by atoms with E-state index in [9.17, 15) is 9.59 Å². The predicted octanol–water partition coefficient (Wildman–Crippen LogP) is 2.47. The van der Waals surface area contributed by atoms with E-state index in [0.29, 0.717) is 6.54 Å². The standard InChI is InChI=1S/C11H15BrN2O3S/c1-13(4-3-10(15)16)11(17)14(2)6-9-5-8(12)7-18-9/h5,7H,3-4,6H2,1-2H3,(H,15,16). The van der Waals surface area contributed by atoms with Crippen LogP contribution in [0.5, 0.6) is 0 Å². The summed E-state index contributed by atoms with van der Waals surface area (Å²) in [4.78, 5) is 26.4. The molecule has 0 aliphatic carbocycles. The van der Waals surface area contributed by atoms with Gasteiger partial charge in [0.1, 0.15) is 0 Å². The molecule has 18 heavy (non-hydrogen) atoms. The van der Waals surface area contributed by atoms with Gasteiger partial charge in [0.25, 0.3) is 0 Å². The third-order valence-corrected chi connectivity index (χ3v) is 4.01. The van der Waals surface area contributed by atoms with E-state index in [-0.39, 0.29) is 19.0 Å². The fourth-order valence-corrected chi connectivity index (χ4v) is 2.89. The molecule has 0 unspecified atom stereocenters. The van der Waals surface area contributed by atoms with Gasteiger partial charge in [-0.15, -0.1) is 11.3 Å². The zero-order chi connectivity index (χ0) is 13.7. The highest BCUT2D eigenvalue weighted by molar-refractivity contribution is 9.10. The maximum atomic E-state index is 11.9. The zero-order valence-corrected chi connectivity index (χ0v) is 12.6. The van der Waals surface area contributed by atoms with Gasteiger partial charge in [-0.25, -0.2) is 4.79 Å². The van der Waals surface area contributed by atoms with Crippen LogP contribution in [0.4, 0.5) is 4.79 Å². The van der Waals surface area contributed by atoms with Crippen molar-refractivity contribution >= 4 is 39.3 Å². The highest BCUT2D eigenvalue weighted by Gasteiger charge is 2.15. The summed E-state index contributed by atoms with van der Waals surface area (Å²) >= 11 is 4.93. The van der Waals surface area contributed by atoms with Crippen molar-refractivity contribution < 1.29 is 14.7 Å². The van der Waals surface area contributed by atoms with Crippen molar-refractivity contribution in [1.82, 2.24) is 9.80 Å². The second-order valence-corrected chi connectivity index (χ2v) is 5.85. The van der Waals surface area contributed by atoms with Gasteiger partial charge in [0, 0.05) is 35.4 Å². The number of hydrogen-bond acceptors (Lipinski definition) is 3. The first-order chi connectivity index (χ1) is 8.40. The Hall–Kier alpha value is -1.08. The van der Waals surface area contributed by atoms with E-state index in [2.05, 4.69) is 15.9 Å². The minimum absolute atomic E-state index is 0.0410. The SMILES string of the molecule is CN(CCC(=O)O)C(=O)N(C)Cc1cc(Br)cs1. The molecule has 5 nitrogen and oxygen atoms in total. The number of carboxylic acids is 1. The molecule has 1 aromatic heterocycles. The molecule has 0 saturated heterocycles. The molecule has 1 N–H and O–H groups in total. The molecule has 0 fully saturated rings. The van der Waals surface area contributed by atoms with Crippen molar-refractivity contribution in [1.29, 1.82) is 0 Å². The van der Waals surface area contributed by atoms with Crippen LogP contribution in [0.1, 0.15) is 11.3 Å². The lowest BCUT2D eigenvalue weighted by Gasteiger charge is -2.24. The molecule has 0 saturated carbocycles. The lowest BCUT2D eigenvalue weighted by molar-refractivity contribution is -0.137. The fraction of sp³-hybridized carbons (Fsp3) is 0.455. The molecule has 0 atom stereocenters. The first-order valence-corrected chi connectivity index (χ1v) is 6.98. The first-order valence-electron chi connectivity index (χ1n) is 5.31. The summed E-state index contributed by atoms with van der Waals surface area (Å²) < 4.78 is 1.00. The Morgan fingerprint density at radius 1 is 1.39 bits per heavy atom. The number of carboxylic acid groups (broad SMARTS) is 1. The number of thiophene rings is 1. The third-order valence-electron chi connectivity index (χ3n) is 2.33. The monoisotopic (exact) mass is 334 g/mol. The summed E-state index contributed by atoms with van der Waals surface area (Å²) in [5.74, 6) is -0.903. The summed E-state index contributed by atoms with van der Waals surface area (Å²) in [5, 5.41) is 10.5. The molecule has 1 rings (SSSR count). The normalized spacial score (nSPS) is 10.2. The smallest absolute Gasteiger partial charge is 0.319 e. The molecule has 2 amide bonds.